The van der Waals surface area contributed by atoms with Crippen LogP contribution in [0.15, 0.2) is 29.2 Å². The van der Waals surface area contributed by atoms with Gasteiger partial charge in [0.05, 0.1) is 0 Å². The molecule has 0 fully saturated rings. The molecule has 1 aromatic rings. The fourth-order valence-electron chi connectivity index (χ4n) is 0.952. The number of para-hydroxylation sites is 1. The van der Waals surface area contributed by atoms with Crippen molar-refractivity contribution in [1.29, 1.82) is 0 Å². The van der Waals surface area contributed by atoms with Crippen molar-refractivity contribution in [1.82, 2.24) is 0 Å². The van der Waals surface area contributed by atoms with E-state index in [2.05, 4.69) is 0 Å². The van der Waals surface area contributed by atoms with Crippen molar-refractivity contribution >= 4 is 17.4 Å². The number of anilines is 1. The molecule has 0 bridgehead atoms. The number of thioether (sulfide) groups is 1. The molecular weight excluding hydrogens is 204 g/mol. The second-order valence-corrected chi connectivity index (χ2v) is 4.34. The molecule has 0 aromatic heterocycles. The van der Waals surface area contributed by atoms with Crippen molar-refractivity contribution in [3.05, 3.63) is 24.3 Å². The van der Waals surface area contributed by atoms with Gasteiger partial charge in [0.25, 0.3) is 0 Å². The molecule has 0 aliphatic heterocycles. The molecule has 4 heteroatoms. The molecule has 1 aromatic carbocycles. The van der Waals surface area contributed by atoms with Gasteiger partial charge in [0.15, 0.2) is 0 Å². The lowest BCUT2D eigenvalue weighted by atomic mass is 10.3. The Labute approximate surface area is 86.7 Å². The molecule has 0 amide bonds. The normalized spacial score (nSPS) is 11.6. The van der Waals surface area contributed by atoms with Crippen LogP contribution in [0, 0.1) is 0 Å². The number of hydrogen-bond acceptors (Lipinski definition) is 2. The topological polar surface area (TPSA) is 26.0 Å². The second kappa shape index (κ2) is 4.64. The molecule has 0 aliphatic rings. The van der Waals surface area contributed by atoms with Crippen LogP contribution >= 0.6 is 11.8 Å². The summed E-state index contributed by atoms with van der Waals surface area (Å²) >= 11 is 1.37. The van der Waals surface area contributed by atoms with Crippen molar-refractivity contribution in [3.63, 3.8) is 0 Å². The maximum absolute atomic E-state index is 12.5. The zero-order valence-electron chi connectivity index (χ0n) is 7.97. The van der Waals surface area contributed by atoms with Crippen molar-refractivity contribution in [3.8, 4) is 0 Å². The molecule has 0 spiro atoms. The Morgan fingerprint density at radius 1 is 1.36 bits per heavy atom. The first-order chi connectivity index (χ1) is 6.49. The number of nitrogens with two attached hydrogens (primary N) is 1. The summed E-state index contributed by atoms with van der Waals surface area (Å²) in [7, 11) is 0. The number of hydrogen-bond donors (Lipinski definition) is 1. The van der Waals surface area contributed by atoms with Crippen LogP contribution in [0.5, 0.6) is 0 Å². The number of nitrogen functional groups attached to an aromatic ring is 1. The molecule has 0 atom stereocenters. The van der Waals surface area contributed by atoms with Gasteiger partial charge in [-0.2, -0.15) is 0 Å². The zero-order valence-corrected chi connectivity index (χ0v) is 8.78. The summed E-state index contributed by atoms with van der Waals surface area (Å²) in [5.41, 5.74) is 6.31. The lowest BCUT2D eigenvalue weighted by molar-refractivity contribution is 0.0194. The summed E-state index contributed by atoms with van der Waals surface area (Å²) in [5, 5.41) is 0. The lowest BCUT2D eigenvalue weighted by Crippen LogP contribution is -2.10. The average molecular weight is 217 g/mol. The van der Waals surface area contributed by atoms with Crippen LogP contribution in [-0.4, -0.2) is 11.7 Å². The first kappa shape index (κ1) is 11.3. The molecule has 0 saturated carbocycles. The monoisotopic (exact) mass is 217 g/mol. The van der Waals surface area contributed by atoms with Crippen molar-refractivity contribution in [2.45, 2.75) is 24.2 Å². The summed E-state index contributed by atoms with van der Waals surface area (Å²) in [6, 6.07) is 7.29. The van der Waals surface area contributed by atoms with Crippen LogP contribution in [0.2, 0.25) is 0 Å². The molecule has 2 N–H and O–H groups in total. The Morgan fingerprint density at radius 3 is 2.57 bits per heavy atom. The van der Waals surface area contributed by atoms with E-state index in [4.69, 9.17) is 5.73 Å². The van der Waals surface area contributed by atoms with E-state index in [1.165, 1.54) is 11.8 Å². The van der Waals surface area contributed by atoms with E-state index in [1.807, 2.05) is 18.2 Å². The van der Waals surface area contributed by atoms with E-state index in [0.717, 1.165) is 11.8 Å². The minimum absolute atomic E-state index is 0.119. The van der Waals surface area contributed by atoms with Crippen LogP contribution in [0.3, 0.4) is 0 Å². The van der Waals surface area contributed by atoms with Crippen LogP contribution in [0.1, 0.15) is 13.3 Å². The highest BCUT2D eigenvalue weighted by molar-refractivity contribution is 7.99. The maximum Gasteiger partial charge on any atom is 0.246 e. The first-order valence-corrected chi connectivity index (χ1v) is 5.33. The molecule has 0 unspecified atom stereocenters. The van der Waals surface area contributed by atoms with E-state index in [-0.39, 0.29) is 6.42 Å². The summed E-state index contributed by atoms with van der Waals surface area (Å²) in [6.07, 6.45) is -0.119. The quantitative estimate of drug-likeness (QED) is 0.618. The predicted octanol–water partition coefficient (Wildman–Crippen LogP) is 3.41. The fourth-order valence-corrected chi connectivity index (χ4v) is 2.04. The molecule has 78 valence electrons. The van der Waals surface area contributed by atoms with Crippen LogP contribution < -0.4 is 5.73 Å². The maximum atomic E-state index is 12.5. The van der Waals surface area contributed by atoms with E-state index in [0.29, 0.717) is 11.4 Å². The van der Waals surface area contributed by atoms with E-state index in [9.17, 15) is 8.78 Å². The third-order valence-corrected chi connectivity index (χ3v) is 2.81. The summed E-state index contributed by atoms with van der Waals surface area (Å²) in [4.78, 5) is 0.872. The third kappa shape index (κ3) is 3.96. The largest absolute Gasteiger partial charge is 0.398 e. The smallest absolute Gasteiger partial charge is 0.246 e. The van der Waals surface area contributed by atoms with Gasteiger partial charge < -0.3 is 5.73 Å². The second-order valence-electron chi connectivity index (χ2n) is 3.21. The third-order valence-electron chi connectivity index (χ3n) is 1.72. The molecule has 0 aliphatic carbocycles. The number of rotatable bonds is 4. The van der Waals surface area contributed by atoms with Gasteiger partial charge >= 0.3 is 0 Å². The average Bonchev–Trinajstić information content (AvgIpc) is 2.06. The standard InChI is InChI=1S/C10H13F2NS/c1-10(11,12)6-7-14-9-5-3-2-4-8(9)13/h2-5H,6-7,13H2,1H3. The van der Waals surface area contributed by atoms with E-state index >= 15 is 0 Å². The molecular formula is C10H13F2NS. The van der Waals surface area contributed by atoms with Gasteiger partial charge in [-0.1, -0.05) is 12.1 Å². The molecule has 1 rings (SSSR count). The number of benzene rings is 1. The van der Waals surface area contributed by atoms with Crippen molar-refractivity contribution in [2.24, 2.45) is 0 Å². The minimum Gasteiger partial charge on any atom is -0.398 e. The zero-order chi connectivity index (χ0) is 10.6. The van der Waals surface area contributed by atoms with Gasteiger partial charge in [0, 0.05) is 22.8 Å². The molecule has 0 heterocycles. The summed E-state index contributed by atoms with van der Waals surface area (Å²) in [6.45, 7) is 0.932. The van der Waals surface area contributed by atoms with Gasteiger partial charge in [-0.3, -0.25) is 0 Å². The van der Waals surface area contributed by atoms with E-state index in [1.54, 1.807) is 6.07 Å². The Bertz CT molecular complexity index is 296. The van der Waals surface area contributed by atoms with Crippen LogP contribution in [-0.2, 0) is 0 Å². The highest BCUT2D eigenvalue weighted by Gasteiger charge is 2.20. The number of halogens is 2. The van der Waals surface area contributed by atoms with Gasteiger partial charge in [0.2, 0.25) is 5.92 Å². The van der Waals surface area contributed by atoms with Crippen molar-refractivity contribution in [2.75, 3.05) is 11.5 Å². The Kier molecular flexibility index (Phi) is 3.75. The first-order valence-electron chi connectivity index (χ1n) is 4.34. The Morgan fingerprint density at radius 2 is 2.00 bits per heavy atom. The van der Waals surface area contributed by atoms with Crippen LogP contribution in [0.4, 0.5) is 14.5 Å². The summed E-state index contributed by atoms with van der Waals surface area (Å²) in [5.74, 6) is -2.20. The Hall–Kier alpha value is -0.770. The lowest BCUT2D eigenvalue weighted by Gasteiger charge is -2.09. The van der Waals surface area contributed by atoms with Crippen LogP contribution in [0.25, 0.3) is 0 Å². The predicted molar refractivity (Wildman–Crippen MR) is 56.8 cm³/mol. The SMILES string of the molecule is CC(F)(F)CCSc1ccccc1N. The minimum atomic E-state index is -2.59. The Balaban J connectivity index is 2.43. The van der Waals surface area contributed by atoms with E-state index < -0.39 is 5.92 Å². The van der Waals surface area contributed by atoms with Gasteiger partial charge in [-0.15, -0.1) is 11.8 Å². The van der Waals surface area contributed by atoms with Crippen molar-refractivity contribution < 1.29 is 8.78 Å². The molecule has 0 saturated heterocycles. The number of alkyl halides is 2. The van der Waals surface area contributed by atoms with Gasteiger partial charge in [-0.05, 0) is 19.1 Å². The molecule has 0 radical (unpaired) electrons. The van der Waals surface area contributed by atoms with Gasteiger partial charge in [-0.25, -0.2) is 8.78 Å². The molecule has 14 heavy (non-hydrogen) atoms. The fraction of sp³-hybridized carbons (Fsp3) is 0.400. The highest BCUT2D eigenvalue weighted by atomic mass is 32.2. The highest BCUT2D eigenvalue weighted by Crippen LogP contribution is 2.28. The summed E-state index contributed by atoms with van der Waals surface area (Å²) < 4.78 is 25.0. The van der Waals surface area contributed by atoms with Gasteiger partial charge in [0.1, 0.15) is 0 Å². The molecule has 1 nitrogen and oxygen atoms in total.